The van der Waals surface area contributed by atoms with Gasteiger partial charge >= 0.3 is 0 Å². The number of guanidine groups is 1. The smallest absolute Gasteiger partial charge is 0.191 e. The van der Waals surface area contributed by atoms with Crippen LogP contribution in [0.4, 0.5) is 0 Å². The van der Waals surface area contributed by atoms with Gasteiger partial charge in [-0.25, -0.2) is 0 Å². The Labute approximate surface area is 188 Å². The molecule has 0 spiro atoms. The number of hydrogen-bond acceptors (Lipinski definition) is 5. The molecule has 1 aromatic heterocycles. The van der Waals surface area contributed by atoms with Crippen LogP contribution in [0.15, 0.2) is 27.8 Å². The molecule has 28 heavy (non-hydrogen) atoms. The van der Waals surface area contributed by atoms with Crippen molar-refractivity contribution in [3.05, 3.63) is 24.2 Å². The number of halogens is 1. The Kier molecular flexibility index (Phi) is 16.5. The number of nitrogens with zero attached hydrogens (tertiary/aromatic N) is 3. The summed E-state index contributed by atoms with van der Waals surface area (Å²) in [5.41, 5.74) is 0. The van der Waals surface area contributed by atoms with Gasteiger partial charge in [0.25, 0.3) is 0 Å². The van der Waals surface area contributed by atoms with Crippen LogP contribution < -0.4 is 10.6 Å². The molecule has 0 radical (unpaired) electrons. The average molecular weight is 509 g/mol. The molecule has 1 unspecified atom stereocenters. The van der Waals surface area contributed by atoms with E-state index in [0.717, 1.165) is 64.0 Å². The summed E-state index contributed by atoms with van der Waals surface area (Å²) in [4.78, 5) is 9.49. The fourth-order valence-corrected chi connectivity index (χ4v) is 3.01. The molecule has 0 amide bonds. The Morgan fingerprint density at radius 3 is 2.54 bits per heavy atom. The number of rotatable bonds is 14. The van der Waals surface area contributed by atoms with Crippen LogP contribution in [0, 0.1) is 0 Å². The van der Waals surface area contributed by atoms with Gasteiger partial charge in [0.05, 0.1) is 18.8 Å². The van der Waals surface area contributed by atoms with Crippen LogP contribution in [0.25, 0.3) is 0 Å². The second kappa shape index (κ2) is 17.1. The van der Waals surface area contributed by atoms with E-state index >= 15 is 0 Å². The molecule has 0 saturated heterocycles. The van der Waals surface area contributed by atoms with Gasteiger partial charge in [-0.1, -0.05) is 13.8 Å². The Morgan fingerprint density at radius 2 is 1.96 bits per heavy atom. The van der Waals surface area contributed by atoms with Gasteiger partial charge < -0.3 is 24.7 Å². The topological polar surface area (TPSA) is 65.3 Å². The summed E-state index contributed by atoms with van der Waals surface area (Å²) in [6.45, 7) is 13.5. The third-order valence-corrected chi connectivity index (χ3v) is 4.57. The summed E-state index contributed by atoms with van der Waals surface area (Å²) in [6.07, 6.45) is 2.79. The first-order valence-corrected chi connectivity index (χ1v) is 10.1. The van der Waals surface area contributed by atoms with Gasteiger partial charge in [-0.2, -0.15) is 0 Å². The molecule has 7 nitrogen and oxygen atoms in total. The van der Waals surface area contributed by atoms with Gasteiger partial charge in [0.1, 0.15) is 5.76 Å². The van der Waals surface area contributed by atoms with E-state index in [1.54, 1.807) is 13.4 Å². The highest BCUT2D eigenvalue weighted by atomic mass is 127. The Balaban J connectivity index is 0.00000729. The lowest BCUT2D eigenvalue weighted by molar-refractivity contribution is 0.180. The monoisotopic (exact) mass is 509 g/mol. The Morgan fingerprint density at radius 1 is 1.21 bits per heavy atom. The summed E-state index contributed by atoms with van der Waals surface area (Å²) >= 11 is 0. The van der Waals surface area contributed by atoms with Crippen molar-refractivity contribution in [2.24, 2.45) is 4.99 Å². The van der Waals surface area contributed by atoms with E-state index in [1.165, 1.54) is 0 Å². The zero-order valence-electron chi connectivity index (χ0n) is 18.2. The maximum absolute atomic E-state index is 5.66. The Bertz CT molecular complexity index is 495. The quantitative estimate of drug-likeness (QED) is 0.174. The lowest BCUT2D eigenvalue weighted by Crippen LogP contribution is -2.41. The summed E-state index contributed by atoms with van der Waals surface area (Å²) in [6, 6.07) is 4.13. The van der Waals surface area contributed by atoms with Crippen LogP contribution in [0.5, 0.6) is 0 Å². The minimum absolute atomic E-state index is 0. The molecule has 0 aliphatic heterocycles. The number of nitrogens with one attached hydrogen (secondary N) is 2. The predicted molar refractivity (Wildman–Crippen MR) is 128 cm³/mol. The van der Waals surface area contributed by atoms with E-state index in [9.17, 15) is 0 Å². The fraction of sp³-hybridized carbons (Fsp3) is 0.750. The number of furan rings is 1. The third-order valence-electron chi connectivity index (χ3n) is 4.57. The standard InChI is InChI=1S/C20H39N5O2.HI/c1-6-21-20(22-12-14-24(4)13-10-15-26-5)23-17-18(25(7-2)8-3)19-11-9-16-27-19;/h9,11,16,18H,6-8,10,12-15,17H2,1-5H3,(H2,21,22,23);1H. The van der Waals surface area contributed by atoms with E-state index in [4.69, 9.17) is 14.1 Å². The molecule has 1 rings (SSSR count). The van der Waals surface area contributed by atoms with Crippen LogP contribution in [-0.2, 0) is 4.74 Å². The SMILES string of the molecule is CCNC(=NCC(c1ccco1)N(CC)CC)NCCN(C)CCCOC.I. The van der Waals surface area contributed by atoms with E-state index in [1.807, 2.05) is 12.1 Å². The Hall–Kier alpha value is -0.840. The first kappa shape index (κ1) is 27.2. The van der Waals surface area contributed by atoms with Gasteiger partial charge in [-0.15, -0.1) is 24.0 Å². The molecule has 1 aromatic rings. The van der Waals surface area contributed by atoms with Crippen LogP contribution in [0.1, 0.15) is 39.0 Å². The molecule has 0 saturated carbocycles. The van der Waals surface area contributed by atoms with Gasteiger partial charge in [0.2, 0.25) is 0 Å². The molecule has 0 bridgehead atoms. The minimum Gasteiger partial charge on any atom is -0.468 e. The van der Waals surface area contributed by atoms with Gasteiger partial charge in [0, 0.05) is 39.9 Å². The minimum atomic E-state index is 0. The molecule has 1 atom stereocenters. The largest absolute Gasteiger partial charge is 0.468 e. The third kappa shape index (κ3) is 10.6. The molecule has 0 aromatic carbocycles. The molecular weight excluding hydrogens is 469 g/mol. The van der Waals surface area contributed by atoms with Crippen LogP contribution in [-0.4, -0.2) is 82.3 Å². The second-order valence-corrected chi connectivity index (χ2v) is 6.55. The van der Waals surface area contributed by atoms with Crippen molar-refractivity contribution in [3.8, 4) is 0 Å². The van der Waals surface area contributed by atoms with Crippen molar-refractivity contribution >= 4 is 29.9 Å². The van der Waals surface area contributed by atoms with Crippen molar-refractivity contribution in [3.63, 3.8) is 0 Å². The summed E-state index contributed by atoms with van der Waals surface area (Å²) < 4.78 is 10.8. The lowest BCUT2D eigenvalue weighted by atomic mass is 10.2. The maximum Gasteiger partial charge on any atom is 0.191 e. The molecule has 164 valence electrons. The second-order valence-electron chi connectivity index (χ2n) is 6.55. The average Bonchev–Trinajstić information content (AvgIpc) is 3.19. The number of ether oxygens (including phenoxy) is 1. The predicted octanol–water partition coefficient (Wildman–Crippen LogP) is 2.80. The van der Waals surface area contributed by atoms with E-state index in [2.05, 4.69) is 48.3 Å². The first-order valence-electron chi connectivity index (χ1n) is 10.1. The number of aliphatic imine (C=N–C) groups is 1. The van der Waals surface area contributed by atoms with Crippen molar-refractivity contribution in [1.82, 2.24) is 20.4 Å². The summed E-state index contributed by atoms with van der Waals surface area (Å²) in [5, 5.41) is 6.77. The summed E-state index contributed by atoms with van der Waals surface area (Å²) in [7, 11) is 3.88. The fourth-order valence-electron chi connectivity index (χ4n) is 3.01. The molecule has 1 heterocycles. The molecule has 0 aliphatic carbocycles. The number of likely N-dealkylation sites (N-methyl/N-ethyl adjacent to an activating group) is 2. The number of hydrogen-bond donors (Lipinski definition) is 2. The van der Waals surface area contributed by atoms with Gasteiger partial charge in [-0.3, -0.25) is 9.89 Å². The van der Waals surface area contributed by atoms with Crippen LogP contribution in [0.2, 0.25) is 0 Å². The molecular formula is C20H40IN5O2. The molecule has 0 fully saturated rings. The van der Waals surface area contributed by atoms with Crippen LogP contribution >= 0.6 is 24.0 Å². The molecule has 0 aliphatic rings. The van der Waals surface area contributed by atoms with Crippen molar-refractivity contribution in [2.45, 2.75) is 33.2 Å². The lowest BCUT2D eigenvalue weighted by Gasteiger charge is -2.27. The van der Waals surface area contributed by atoms with Crippen LogP contribution in [0.3, 0.4) is 0 Å². The highest BCUT2D eigenvalue weighted by molar-refractivity contribution is 14.0. The van der Waals surface area contributed by atoms with Crippen molar-refractivity contribution in [1.29, 1.82) is 0 Å². The van der Waals surface area contributed by atoms with E-state index in [0.29, 0.717) is 6.54 Å². The number of methoxy groups -OCH3 is 1. The van der Waals surface area contributed by atoms with E-state index in [-0.39, 0.29) is 30.0 Å². The summed E-state index contributed by atoms with van der Waals surface area (Å²) in [5.74, 6) is 1.82. The van der Waals surface area contributed by atoms with Crippen molar-refractivity contribution in [2.75, 3.05) is 66.6 Å². The first-order chi connectivity index (χ1) is 13.2. The van der Waals surface area contributed by atoms with Gasteiger partial charge in [0.15, 0.2) is 5.96 Å². The molecule has 8 heteroatoms. The molecule has 2 N–H and O–H groups in total. The highest BCUT2D eigenvalue weighted by Crippen LogP contribution is 2.21. The zero-order chi connectivity index (χ0) is 19.9. The highest BCUT2D eigenvalue weighted by Gasteiger charge is 2.20. The van der Waals surface area contributed by atoms with Crippen molar-refractivity contribution < 1.29 is 9.15 Å². The normalized spacial score (nSPS) is 12.9. The van der Waals surface area contributed by atoms with Gasteiger partial charge in [-0.05, 0) is 45.6 Å². The van der Waals surface area contributed by atoms with E-state index < -0.39 is 0 Å². The zero-order valence-corrected chi connectivity index (χ0v) is 20.6. The maximum atomic E-state index is 5.66.